The highest BCUT2D eigenvalue weighted by atomic mass is 35.5. The number of methoxy groups -OCH3 is 2. The van der Waals surface area contributed by atoms with Crippen molar-refractivity contribution in [1.29, 1.82) is 0 Å². The number of nitrogens with zero attached hydrogens (tertiary/aromatic N) is 2. The number of fused-ring (bicyclic) bond motifs is 1. The van der Waals surface area contributed by atoms with E-state index in [9.17, 15) is 0 Å². The van der Waals surface area contributed by atoms with Crippen LogP contribution in [-0.2, 0) is 9.47 Å². The maximum Gasteiger partial charge on any atom is 0.134 e. The van der Waals surface area contributed by atoms with Crippen LogP contribution in [-0.4, -0.2) is 36.3 Å². The van der Waals surface area contributed by atoms with Crippen LogP contribution < -0.4 is 5.32 Å². The van der Waals surface area contributed by atoms with E-state index < -0.39 is 5.60 Å². The third kappa shape index (κ3) is 4.38. The van der Waals surface area contributed by atoms with E-state index in [0.717, 1.165) is 23.1 Å². The van der Waals surface area contributed by atoms with Gasteiger partial charge in [-0.2, -0.15) is 0 Å². The molecule has 0 saturated heterocycles. The van der Waals surface area contributed by atoms with Gasteiger partial charge in [0.15, 0.2) is 0 Å². The number of hydrogen-bond acceptors (Lipinski definition) is 5. The lowest BCUT2D eigenvalue weighted by atomic mass is 9.89. The van der Waals surface area contributed by atoms with Gasteiger partial charge in [0.2, 0.25) is 0 Å². The lowest BCUT2D eigenvalue weighted by molar-refractivity contribution is 0.0320. The molecule has 1 N–H and O–H groups in total. The smallest absolute Gasteiger partial charge is 0.134 e. The second kappa shape index (κ2) is 9.14. The van der Waals surface area contributed by atoms with E-state index in [1.54, 1.807) is 20.4 Å². The molecule has 1 atom stereocenters. The largest absolute Gasteiger partial charge is 0.499 e. The van der Waals surface area contributed by atoms with Crippen molar-refractivity contribution < 1.29 is 9.47 Å². The molecule has 1 fully saturated rings. The number of halogens is 3. The van der Waals surface area contributed by atoms with E-state index >= 15 is 0 Å². The minimum Gasteiger partial charge on any atom is -0.499 e. The Bertz CT molecular complexity index is 1060. The predicted octanol–water partition coefficient (Wildman–Crippen LogP) is 6.74. The zero-order valence-corrected chi connectivity index (χ0v) is 20.2. The van der Waals surface area contributed by atoms with Crippen molar-refractivity contribution >= 4 is 57.0 Å². The molecule has 1 unspecified atom stereocenters. The number of pyridine rings is 2. The summed E-state index contributed by atoms with van der Waals surface area (Å²) < 4.78 is 11.3. The third-order valence-corrected chi connectivity index (χ3v) is 7.51. The maximum absolute atomic E-state index is 6.83. The Kier molecular flexibility index (Phi) is 6.68. The van der Waals surface area contributed by atoms with E-state index in [4.69, 9.17) is 49.3 Å². The van der Waals surface area contributed by atoms with Gasteiger partial charge < -0.3 is 14.8 Å². The van der Waals surface area contributed by atoms with Crippen molar-refractivity contribution in [1.82, 2.24) is 9.97 Å². The van der Waals surface area contributed by atoms with Crippen LogP contribution in [0.5, 0.6) is 0 Å². The number of ether oxygens (including phenoxy) is 2. The first-order valence-electron chi connectivity index (χ1n) is 10.4. The van der Waals surface area contributed by atoms with Crippen molar-refractivity contribution in [2.24, 2.45) is 5.92 Å². The Morgan fingerprint density at radius 3 is 2.58 bits per heavy atom. The predicted molar refractivity (Wildman–Crippen MR) is 128 cm³/mol. The quantitative estimate of drug-likeness (QED) is 0.462. The van der Waals surface area contributed by atoms with Crippen LogP contribution in [0.3, 0.4) is 0 Å². The molecule has 2 aromatic heterocycles. The number of anilines is 1. The molecule has 0 aliphatic heterocycles. The molecule has 2 aromatic rings. The molecule has 2 aliphatic carbocycles. The first-order valence-corrected chi connectivity index (χ1v) is 11.6. The first-order chi connectivity index (χ1) is 14.9. The van der Waals surface area contributed by atoms with Crippen LogP contribution in [0.1, 0.15) is 44.7 Å². The van der Waals surface area contributed by atoms with Crippen LogP contribution in [0.4, 0.5) is 5.82 Å². The number of nitrogens with one attached hydrogen (secondary N) is 1. The molecule has 1 saturated carbocycles. The Morgan fingerprint density at radius 1 is 1.16 bits per heavy atom. The molecule has 2 heterocycles. The van der Waals surface area contributed by atoms with E-state index in [1.165, 1.54) is 25.7 Å². The van der Waals surface area contributed by atoms with Gasteiger partial charge in [-0.15, -0.1) is 0 Å². The summed E-state index contributed by atoms with van der Waals surface area (Å²) in [4.78, 5) is 9.18. The van der Waals surface area contributed by atoms with E-state index in [2.05, 4.69) is 10.3 Å². The highest BCUT2D eigenvalue weighted by Gasteiger charge is 2.39. The lowest BCUT2D eigenvalue weighted by Gasteiger charge is -2.34. The Balaban J connectivity index is 1.85. The normalized spacial score (nSPS) is 22.5. The van der Waals surface area contributed by atoms with E-state index in [1.807, 2.05) is 19.1 Å². The summed E-state index contributed by atoms with van der Waals surface area (Å²) in [6.07, 6.45) is 7.23. The summed E-state index contributed by atoms with van der Waals surface area (Å²) in [6, 6.07) is 3.76. The van der Waals surface area contributed by atoms with Gasteiger partial charge in [-0.25, -0.2) is 9.97 Å². The summed E-state index contributed by atoms with van der Waals surface area (Å²) in [5.41, 5.74) is 0.488. The van der Waals surface area contributed by atoms with Crippen molar-refractivity contribution in [3.63, 3.8) is 0 Å². The van der Waals surface area contributed by atoms with Gasteiger partial charge in [0.05, 0.1) is 22.9 Å². The summed E-state index contributed by atoms with van der Waals surface area (Å²) in [6.45, 7) is 2.78. The SMILES string of the molecule is COC1=C(Cl)C(c2cc3cnc(Cl)cc3c(NCC3CCCC3)n2)=C(Cl)C(C)(OC)C1. The molecule has 5 nitrogen and oxygen atoms in total. The molecular weight excluding hydrogens is 457 g/mol. The molecule has 8 heteroatoms. The average molecular weight is 483 g/mol. The summed E-state index contributed by atoms with van der Waals surface area (Å²) in [5, 5.41) is 6.71. The van der Waals surface area contributed by atoms with Crippen LogP contribution in [0, 0.1) is 5.92 Å². The molecule has 4 rings (SSSR count). The summed E-state index contributed by atoms with van der Waals surface area (Å²) in [5.74, 6) is 2.01. The van der Waals surface area contributed by atoms with Crippen LogP contribution in [0.25, 0.3) is 16.3 Å². The third-order valence-electron chi connectivity index (χ3n) is 6.31. The summed E-state index contributed by atoms with van der Waals surface area (Å²) in [7, 11) is 3.22. The molecule has 2 aliphatic rings. The molecule has 0 bridgehead atoms. The van der Waals surface area contributed by atoms with Gasteiger partial charge in [-0.3, -0.25) is 0 Å². The lowest BCUT2D eigenvalue weighted by Crippen LogP contribution is -2.32. The van der Waals surface area contributed by atoms with Crippen molar-refractivity contribution in [2.45, 2.75) is 44.6 Å². The molecule has 0 spiro atoms. The number of rotatable bonds is 6. The van der Waals surface area contributed by atoms with Crippen LogP contribution in [0.2, 0.25) is 5.15 Å². The highest BCUT2D eigenvalue weighted by molar-refractivity contribution is 6.43. The van der Waals surface area contributed by atoms with Crippen molar-refractivity contribution in [2.75, 3.05) is 26.1 Å². The zero-order chi connectivity index (χ0) is 22.2. The minimum absolute atomic E-state index is 0.424. The fraction of sp³-hybridized carbons (Fsp3) is 0.478. The highest BCUT2D eigenvalue weighted by Crippen LogP contribution is 2.47. The monoisotopic (exact) mass is 481 g/mol. The van der Waals surface area contributed by atoms with Gasteiger partial charge in [-0.1, -0.05) is 47.6 Å². The summed E-state index contributed by atoms with van der Waals surface area (Å²) >= 11 is 19.8. The second-order valence-electron chi connectivity index (χ2n) is 8.36. The van der Waals surface area contributed by atoms with Crippen LogP contribution >= 0.6 is 34.8 Å². The molecule has 0 radical (unpaired) electrons. The minimum atomic E-state index is -0.757. The van der Waals surface area contributed by atoms with Crippen LogP contribution in [0.15, 0.2) is 34.2 Å². The van der Waals surface area contributed by atoms with E-state index in [0.29, 0.717) is 44.6 Å². The second-order valence-corrected chi connectivity index (χ2v) is 9.50. The van der Waals surface area contributed by atoms with Gasteiger partial charge in [0, 0.05) is 42.6 Å². The standard InChI is InChI=1S/C23H26Cl3N3O2/c1-23(31-3)10-17(30-2)20(25)19(21(23)26)16-8-14-12-27-18(24)9-15(14)22(29-16)28-11-13-6-4-5-7-13/h8-9,12-13H,4-7,10-11H2,1-3H3,(H,28,29). The Hall–Kier alpha value is -1.53. The molecule has 0 aromatic carbocycles. The average Bonchev–Trinajstić information content (AvgIpc) is 3.29. The van der Waals surface area contributed by atoms with Gasteiger partial charge >= 0.3 is 0 Å². The molecular formula is C23H26Cl3N3O2. The Labute approximate surface area is 197 Å². The molecule has 31 heavy (non-hydrogen) atoms. The van der Waals surface area contributed by atoms with Crippen molar-refractivity contribution in [3.05, 3.63) is 45.0 Å². The molecule has 0 amide bonds. The maximum atomic E-state index is 6.83. The van der Waals surface area contributed by atoms with Crippen molar-refractivity contribution in [3.8, 4) is 0 Å². The topological polar surface area (TPSA) is 56.3 Å². The fourth-order valence-corrected chi connectivity index (χ4v) is 5.23. The molecule has 166 valence electrons. The van der Waals surface area contributed by atoms with Gasteiger partial charge in [-0.05, 0) is 37.8 Å². The number of hydrogen-bond donors (Lipinski definition) is 1. The van der Waals surface area contributed by atoms with E-state index in [-0.39, 0.29) is 0 Å². The number of aromatic nitrogens is 2. The fourth-order valence-electron chi connectivity index (χ4n) is 4.35. The Morgan fingerprint density at radius 2 is 1.90 bits per heavy atom. The van der Waals surface area contributed by atoms with Gasteiger partial charge in [0.1, 0.15) is 22.3 Å². The number of allylic oxidation sites excluding steroid dienone is 2. The zero-order valence-electron chi connectivity index (χ0n) is 17.9. The van der Waals surface area contributed by atoms with Gasteiger partial charge in [0.25, 0.3) is 0 Å². The first kappa shape index (κ1) is 22.7.